The molecule has 1 N–H and O–H groups in total. The lowest BCUT2D eigenvalue weighted by molar-refractivity contribution is -0.0941. The van der Waals surface area contributed by atoms with Crippen molar-refractivity contribution in [2.75, 3.05) is 19.8 Å². The molecule has 3 heterocycles. The summed E-state index contributed by atoms with van der Waals surface area (Å²) >= 11 is 0. The van der Waals surface area contributed by atoms with Crippen molar-refractivity contribution in [1.82, 2.24) is 15.1 Å². The number of nitrogens with zero attached hydrogens (tertiary/aromatic N) is 3. The zero-order valence-electron chi connectivity index (χ0n) is 9.44. The van der Waals surface area contributed by atoms with Gasteiger partial charge in [0.1, 0.15) is 11.9 Å². The molecule has 1 atom stereocenters. The molecule has 1 saturated heterocycles. The van der Waals surface area contributed by atoms with Crippen molar-refractivity contribution in [3.05, 3.63) is 24.3 Å². The van der Waals surface area contributed by atoms with Crippen LogP contribution in [0.4, 0.5) is 0 Å². The highest BCUT2D eigenvalue weighted by Gasteiger charge is 2.23. The molecule has 1 fully saturated rings. The molecule has 0 bridgehead atoms. The number of pyridine rings is 1. The zero-order chi connectivity index (χ0) is 12.4. The van der Waals surface area contributed by atoms with Crippen LogP contribution in [-0.4, -0.2) is 40.1 Å². The van der Waals surface area contributed by atoms with E-state index >= 15 is 0 Å². The highest BCUT2D eigenvalue weighted by Crippen LogP contribution is 2.28. The number of hydrogen-bond donors (Lipinski definition) is 1. The van der Waals surface area contributed by atoms with E-state index < -0.39 is 0 Å². The molecule has 94 valence electrons. The summed E-state index contributed by atoms with van der Waals surface area (Å²) in [5.41, 5.74) is 0.445. The van der Waals surface area contributed by atoms with Gasteiger partial charge < -0.3 is 19.1 Å². The minimum absolute atomic E-state index is 0.00601. The summed E-state index contributed by atoms with van der Waals surface area (Å²) in [6.45, 7) is 1.49. The van der Waals surface area contributed by atoms with Crippen LogP contribution < -0.4 is 0 Å². The molecular weight excluding hydrogens is 238 g/mol. The molecule has 0 spiro atoms. The monoisotopic (exact) mass is 249 g/mol. The predicted molar refractivity (Wildman–Crippen MR) is 58.7 cm³/mol. The largest absolute Gasteiger partial charge is 0.505 e. The molecule has 0 aromatic carbocycles. The van der Waals surface area contributed by atoms with Crippen LogP contribution in [0, 0.1) is 0 Å². The smallest absolute Gasteiger partial charge is 0.261 e. The molecule has 0 radical (unpaired) electrons. The molecule has 1 unspecified atom stereocenters. The van der Waals surface area contributed by atoms with Crippen LogP contribution in [0.2, 0.25) is 0 Å². The maximum atomic E-state index is 9.64. The normalized spacial score (nSPS) is 19.9. The van der Waals surface area contributed by atoms with Crippen LogP contribution in [0.5, 0.6) is 5.75 Å². The third-order valence-corrected chi connectivity index (χ3v) is 2.58. The first-order valence-electron chi connectivity index (χ1n) is 5.51. The Bertz CT molecular complexity index is 537. The molecular formula is C11H11N3O4. The maximum absolute atomic E-state index is 9.64. The van der Waals surface area contributed by atoms with E-state index in [1.165, 1.54) is 6.20 Å². The van der Waals surface area contributed by atoms with E-state index in [9.17, 15) is 5.11 Å². The Balaban J connectivity index is 1.87. The fraction of sp³-hybridized carbons (Fsp3) is 0.364. The zero-order valence-corrected chi connectivity index (χ0v) is 9.44. The van der Waals surface area contributed by atoms with Gasteiger partial charge in [-0.25, -0.2) is 0 Å². The van der Waals surface area contributed by atoms with Crippen molar-refractivity contribution in [1.29, 1.82) is 0 Å². The topological polar surface area (TPSA) is 90.5 Å². The second-order valence-electron chi connectivity index (χ2n) is 3.78. The number of ether oxygens (including phenoxy) is 2. The molecule has 0 aliphatic carbocycles. The van der Waals surface area contributed by atoms with Gasteiger partial charge in [0.25, 0.3) is 5.89 Å². The van der Waals surface area contributed by atoms with E-state index in [4.69, 9.17) is 14.0 Å². The lowest BCUT2D eigenvalue weighted by Crippen LogP contribution is -2.22. The van der Waals surface area contributed by atoms with E-state index in [1.807, 2.05) is 0 Å². The van der Waals surface area contributed by atoms with Gasteiger partial charge in [-0.2, -0.15) is 4.98 Å². The molecule has 1 aliphatic heterocycles. The van der Waals surface area contributed by atoms with Gasteiger partial charge in [-0.15, -0.1) is 0 Å². The van der Waals surface area contributed by atoms with Gasteiger partial charge in [0.05, 0.1) is 31.6 Å². The van der Waals surface area contributed by atoms with Crippen molar-refractivity contribution >= 4 is 0 Å². The molecule has 7 nitrogen and oxygen atoms in total. The summed E-state index contributed by atoms with van der Waals surface area (Å²) in [5.74, 6) is 0.647. The van der Waals surface area contributed by atoms with E-state index in [2.05, 4.69) is 15.1 Å². The van der Waals surface area contributed by atoms with Crippen molar-refractivity contribution < 1.29 is 19.1 Å². The molecule has 1 aliphatic rings. The Morgan fingerprint density at radius 2 is 2.28 bits per heavy atom. The lowest BCUT2D eigenvalue weighted by atomic mass is 10.2. The second-order valence-corrected chi connectivity index (χ2v) is 3.78. The van der Waals surface area contributed by atoms with Crippen molar-refractivity contribution in [2.24, 2.45) is 0 Å². The van der Waals surface area contributed by atoms with Gasteiger partial charge in [0, 0.05) is 6.20 Å². The average molecular weight is 249 g/mol. The Labute approximate surface area is 102 Å². The van der Waals surface area contributed by atoms with Gasteiger partial charge in [0.15, 0.2) is 0 Å². The fourth-order valence-electron chi connectivity index (χ4n) is 1.68. The molecule has 2 aromatic heterocycles. The first-order chi connectivity index (χ1) is 8.84. The van der Waals surface area contributed by atoms with Crippen LogP contribution in [0.25, 0.3) is 11.5 Å². The Morgan fingerprint density at radius 3 is 3.06 bits per heavy atom. The summed E-state index contributed by atoms with van der Waals surface area (Å²) in [5, 5.41) is 13.5. The minimum Gasteiger partial charge on any atom is -0.505 e. The maximum Gasteiger partial charge on any atom is 0.261 e. The molecule has 7 heteroatoms. The standard InChI is InChI=1S/C11H11N3O4/c15-8-5-12-2-1-7(8)11-13-10(14-18-11)9-6-16-3-4-17-9/h1-2,5,9,15H,3-4,6H2. The lowest BCUT2D eigenvalue weighted by Gasteiger charge is -2.19. The Morgan fingerprint density at radius 1 is 1.33 bits per heavy atom. The van der Waals surface area contributed by atoms with Crippen LogP contribution in [0.15, 0.2) is 23.0 Å². The summed E-state index contributed by atoms with van der Waals surface area (Å²) in [6.07, 6.45) is 2.54. The molecule has 0 amide bonds. The second kappa shape index (κ2) is 4.71. The number of rotatable bonds is 2. The van der Waals surface area contributed by atoms with Crippen LogP contribution in [0.3, 0.4) is 0 Å². The molecule has 18 heavy (non-hydrogen) atoms. The molecule has 0 saturated carbocycles. The van der Waals surface area contributed by atoms with Gasteiger partial charge >= 0.3 is 0 Å². The minimum atomic E-state index is -0.319. The van der Waals surface area contributed by atoms with Crippen molar-refractivity contribution in [3.63, 3.8) is 0 Å². The summed E-state index contributed by atoms with van der Waals surface area (Å²) in [4.78, 5) is 7.98. The van der Waals surface area contributed by atoms with E-state index in [0.717, 1.165) is 0 Å². The van der Waals surface area contributed by atoms with Crippen LogP contribution in [0.1, 0.15) is 11.9 Å². The van der Waals surface area contributed by atoms with Crippen molar-refractivity contribution in [3.8, 4) is 17.2 Å². The van der Waals surface area contributed by atoms with E-state index in [-0.39, 0.29) is 17.7 Å². The number of aromatic hydroxyl groups is 1. The van der Waals surface area contributed by atoms with Gasteiger partial charge in [-0.1, -0.05) is 5.16 Å². The Hall–Kier alpha value is -1.99. The van der Waals surface area contributed by atoms with Gasteiger partial charge in [-0.05, 0) is 6.07 Å². The van der Waals surface area contributed by atoms with Crippen LogP contribution >= 0.6 is 0 Å². The van der Waals surface area contributed by atoms with Gasteiger partial charge in [0.2, 0.25) is 5.82 Å². The van der Waals surface area contributed by atoms with Gasteiger partial charge in [-0.3, -0.25) is 4.98 Å². The highest BCUT2D eigenvalue weighted by atomic mass is 16.6. The number of hydrogen-bond acceptors (Lipinski definition) is 7. The predicted octanol–water partition coefficient (Wildman–Crippen LogP) is 0.925. The average Bonchev–Trinajstić information content (AvgIpc) is 2.90. The van der Waals surface area contributed by atoms with Crippen LogP contribution in [-0.2, 0) is 9.47 Å². The Kier molecular flexibility index (Phi) is 2.91. The first kappa shape index (κ1) is 11.1. The summed E-state index contributed by atoms with van der Waals surface area (Å²) < 4.78 is 15.8. The van der Waals surface area contributed by atoms with E-state index in [0.29, 0.717) is 31.2 Å². The summed E-state index contributed by atoms with van der Waals surface area (Å²) in [7, 11) is 0. The SMILES string of the molecule is Oc1cnccc1-c1nc(C2COCCO2)no1. The quantitative estimate of drug-likeness (QED) is 0.846. The van der Waals surface area contributed by atoms with Crippen molar-refractivity contribution in [2.45, 2.75) is 6.10 Å². The first-order valence-corrected chi connectivity index (χ1v) is 5.51. The molecule has 2 aromatic rings. The molecule has 3 rings (SSSR count). The van der Waals surface area contributed by atoms with E-state index in [1.54, 1.807) is 12.3 Å². The third kappa shape index (κ3) is 2.05. The fourth-order valence-corrected chi connectivity index (χ4v) is 1.68. The highest BCUT2D eigenvalue weighted by molar-refractivity contribution is 5.60. The summed E-state index contributed by atoms with van der Waals surface area (Å²) in [6, 6.07) is 1.60. The third-order valence-electron chi connectivity index (χ3n) is 2.58. The number of aromatic nitrogens is 3.